The molecule has 1 aromatic rings. The molecule has 0 aliphatic carbocycles. The number of rotatable bonds is 7. The number of esters is 1. The van der Waals surface area contributed by atoms with Crippen molar-refractivity contribution >= 4 is 35.1 Å². The molecule has 0 aromatic heterocycles. The van der Waals surface area contributed by atoms with E-state index >= 15 is 0 Å². The zero-order valence-corrected chi connectivity index (χ0v) is 20.8. The Balaban J connectivity index is 1.54. The number of amides is 2. The van der Waals surface area contributed by atoms with E-state index in [1.165, 1.54) is 0 Å². The molecule has 1 N–H and O–H groups in total. The van der Waals surface area contributed by atoms with E-state index in [0.717, 1.165) is 12.8 Å². The van der Waals surface area contributed by atoms with E-state index in [2.05, 4.69) is 0 Å². The first-order valence-corrected chi connectivity index (χ1v) is 13.0. The molecule has 1 aromatic carbocycles. The van der Waals surface area contributed by atoms with Gasteiger partial charge in [-0.2, -0.15) is 0 Å². The van der Waals surface area contributed by atoms with Gasteiger partial charge in [-0.05, 0) is 31.4 Å². The Morgan fingerprint density at radius 1 is 1.06 bits per heavy atom. The summed E-state index contributed by atoms with van der Waals surface area (Å²) in [6, 6.07) is 6.19. The Bertz CT molecular complexity index is 1090. The second kappa shape index (κ2) is 10.4. The molecule has 4 aliphatic heterocycles. The maximum atomic E-state index is 14.2. The molecule has 1 unspecified atom stereocenters. The minimum atomic E-state index is -1.28. The maximum absolute atomic E-state index is 14.2. The van der Waals surface area contributed by atoms with Crippen LogP contribution in [-0.4, -0.2) is 71.8 Å². The molecule has 0 bridgehead atoms. The summed E-state index contributed by atoms with van der Waals surface area (Å²) in [5.74, 6) is -2.69. The van der Waals surface area contributed by atoms with Crippen LogP contribution < -0.4 is 4.90 Å². The quantitative estimate of drug-likeness (QED) is 0.341. The fraction of sp³-hybridized carbons (Fsp3) is 0.519. The number of hydrogen-bond donors (Lipinski definition) is 1. The number of nitrogens with zero attached hydrogens (tertiary/aromatic N) is 2. The molecule has 0 saturated carbocycles. The van der Waals surface area contributed by atoms with Gasteiger partial charge < -0.3 is 24.4 Å². The number of carbonyl (C=O) groups excluding carboxylic acids is 3. The summed E-state index contributed by atoms with van der Waals surface area (Å²) < 4.78 is 12.0. The van der Waals surface area contributed by atoms with Gasteiger partial charge in [0.1, 0.15) is 17.6 Å². The van der Waals surface area contributed by atoms with Crippen molar-refractivity contribution in [2.24, 2.45) is 11.8 Å². The average molecular weight is 515 g/mol. The first kappa shape index (κ1) is 25.0. The molecule has 4 aliphatic rings. The molecule has 36 heavy (non-hydrogen) atoms. The Morgan fingerprint density at radius 2 is 1.86 bits per heavy atom. The number of halogens is 1. The third-order valence-electron chi connectivity index (χ3n) is 7.57. The van der Waals surface area contributed by atoms with Crippen LogP contribution in [0.5, 0.6) is 0 Å². The molecule has 0 radical (unpaired) electrons. The zero-order valence-electron chi connectivity index (χ0n) is 20.1. The van der Waals surface area contributed by atoms with Gasteiger partial charge in [-0.25, -0.2) is 0 Å². The molecular formula is C27H31ClN2O6. The van der Waals surface area contributed by atoms with Crippen molar-refractivity contribution < 1.29 is 29.0 Å². The number of unbranched alkanes of at least 4 members (excludes halogenated alkanes) is 3. The normalized spacial score (nSPS) is 31.4. The number of hydrogen-bond acceptors (Lipinski definition) is 6. The minimum absolute atomic E-state index is 0.124. The largest absolute Gasteiger partial charge is 0.465 e. The van der Waals surface area contributed by atoms with Gasteiger partial charge in [0.05, 0.1) is 29.3 Å². The summed E-state index contributed by atoms with van der Waals surface area (Å²) >= 11 is 6.46. The van der Waals surface area contributed by atoms with E-state index in [1.807, 2.05) is 30.4 Å². The van der Waals surface area contributed by atoms with E-state index in [1.54, 1.807) is 28.0 Å². The summed E-state index contributed by atoms with van der Waals surface area (Å²) in [4.78, 5) is 44.5. The van der Waals surface area contributed by atoms with Crippen molar-refractivity contribution in [3.8, 4) is 0 Å². The number of cyclic esters (lactones) is 1. The van der Waals surface area contributed by atoms with Crippen molar-refractivity contribution in [1.82, 2.24) is 4.90 Å². The van der Waals surface area contributed by atoms with Crippen LogP contribution >= 0.6 is 11.6 Å². The lowest BCUT2D eigenvalue weighted by molar-refractivity contribution is -0.154. The predicted octanol–water partition coefficient (Wildman–Crippen LogP) is 2.88. The SMILES string of the molecule is O=C1OCCC=C[C@H]2O[C@]34C=CCN(c5ccccc5Cl)C(=O)C3N(CCCCCCO)C(=O)[C@@H]4[C@@H]12. The zero-order chi connectivity index (χ0) is 25.3. The lowest BCUT2D eigenvalue weighted by Gasteiger charge is -2.35. The van der Waals surface area contributed by atoms with Crippen molar-refractivity contribution in [1.29, 1.82) is 0 Å². The van der Waals surface area contributed by atoms with Crippen LogP contribution in [-0.2, 0) is 23.9 Å². The standard InChI is InChI=1S/C27H31ClN2O6/c28-18-10-3-4-11-19(18)29-15-9-13-27-22(21-20(36-27)12-5-8-17-35-26(21)34)24(32)30(23(27)25(29)33)14-6-1-2-7-16-31/h3-5,9-13,20-23,31H,1-2,6-8,14-17H2/t20-,21+,22+,23?,27+/m1/s1. The molecule has 5 atom stereocenters. The highest BCUT2D eigenvalue weighted by atomic mass is 35.5. The van der Waals surface area contributed by atoms with Gasteiger partial charge in [0, 0.05) is 19.7 Å². The second-order valence-corrected chi connectivity index (χ2v) is 10.1. The molecule has 2 amide bonds. The summed E-state index contributed by atoms with van der Waals surface area (Å²) in [5, 5.41) is 9.52. The van der Waals surface area contributed by atoms with Crippen LogP contribution in [0.2, 0.25) is 5.02 Å². The van der Waals surface area contributed by atoms with Gasteiger partial charge in [0.15, 0.2) is 0 Å². The van der Waals surface area contributed by atoms with Gasteiger partial charge in [-0.15, -0.1) is 0 Å². The second-order valence-electron chi connectivity index (χ2n) is 9.70. The van der Waals surface area contributed by atoms with Crippen molar-refractivity contribution in [3.05, 3.63) is 53.6 Å². The lowest BCUT2D eigenvalue weighted by Crippen LogP contribution is -2.55. The number of anilines is 1. The number of benzene rings is 1. The van der Waals surface area contributed by atoms with Gasteiger partial charge in [0.2, 0.25) is 5.91 Å². The predicted molar refractivity (Wildman–Crippen MR) is 133 cm³/mol. The summed E-state index contributed by atoms with van der Waals surface area (Å²) in [6.07, 6.45) is 10.3. The Hall–Kier alpha value is -2.68. The van der Waals surface area contributed by atoms with Crippen molar-refractivity contribution in [3.63, 3.8) is 0 Å². The fourth-order valence-corrected chi connectivity index (χ4v) is 6.22. The van der Waals surface area contributed by atoms with Gasteiger partial charge in [-0.1, -0.05) is 60.9 Å². The molecule has 1 spiro atoms. The number of carbonyl (C=O) groups is 3. The molecule has 192 valence electrons. The molecule has 2 saturated heterocycles. The third kappa shape index (κ3) is 4.15. The highest BCUT2D eigenvalue weighted by Crippen LogP contribution is 2.53. The monoisotopic (exact) mass is 514 g/mol. The van der Waals surface area contributed by atoms with E-state index in [9.17, 15) is 14.4 Å². The van der Waals surface area contributed by atoms with Crippen molar-refractivity contribution in [2.45, 2.75) is 49.9 Å². The molecule has 9 heteroatoms. The number of aliphatic hydroxyl groups is 1. The maximum Gasteiger partial charge on any atom is 0.312 e. The summed E-state index contributed by atoms with van der Waals surface area (Å²) in [5.41, 5.74) is -0.717. The number of fused-ring (bicyclic) bond motifs is 2. The molecule has 5 rings (SSSR count). The van der Waals surface area contributed by atoms with Crippen LogP contribution in [0.25, 0.3) is 0 Å². The van der Waals surface area contributed by atoms with E-state index in [0.29, 0.717) is 36.5 Å². The number of likely N-dealkylation sites (tertiary alicyclic amines) is 1. The number of ether oxygens (including phenoxy) is 2. The van der Waals surface area contributed by atoms with Gasteiger partial charge in [-0.3, -0.25) is 14.4 Å². The highest BCUT2D eigenvalue weighted by Gasteiger charge is 2.71. The summed E-state index contributed by atoms with van der Waals surface area (Å²) in [6.45, 7) is 0.998. The van der Waals surface area contributed by atoms with E-state index < -0.39 is 35.6 Å². The highest BCUT2D eigenvalue weighted by molar-refractivity contribution is 6.34. The van der Waals surface area contributed by atoms with Crippen LogP contribution in [0.1, 0.15) is 32.1 Å². The topological polar surface area (TPSA) is 96.4 Å². The van der Waals surface area contributed by atoms with Gasteiger partial charge >= 0.3 is 5.97 Å². The van der Waals surface area contributed by atoms with E-state index in [-0.39, 0.29) is 31.6 Å². The average Bonchev–Trinajstić information content (AvgIpc) is 3.23. The van der Waals surface area contributed by atoms with Gasteiger partial charge in [0.25, 0.3) is 5.91 Å². The Labute approximate surface area is 215 Å². The smallest absolute Gasteiger partial charge is 0.312 e. The third-order valence-corrected chi connectivity index (χ3v) is 7.89. The molecular weight excluding hydrogens is 484 g/mol. The van der Waals surface area contributed by atoms with Crippen molar-refractivity contribution in [2.75, 3.05) is 31.2 Å². The first-order valence-electron chi connectivity index (χ1n) is 12.7. The fourth-order valence-electron chi connectivity index (χ4n) is 5.98. The summed E-state index contributed by atoms with van der Waals surface area (Å²) in [7, 11) is 0. The lowest BCUT2D eigenvalue weighted by atomic mass is 9.77. The molecule has 2 fully saturated rings. The number of aliphatic hydroxyl groups excluding tert-OH is 1. The Kier molecular flexibility index (Phi) is 7.19. The van der Waals surface area contributed by atoms with Crippen LogP contribution in [0.3, 0.4) is 0 Å². The minimum Gasteiger partial charge on any atom is -0.465 e. The Morgan fingerprint density at radius 3 is 2.67 bits per heavy atom. The van der Waals surface area contributed by atoms with E-state index in [4.69, 9.17) is 26.2 Å². The molecule has 4 heterocycles. The van der Waals surface area contributed by atoms with Crippen LogP contribution in [0.15, 0.2) is 48.6 Å². The first-order chi connectivity index (χ1) is 17.5. The molecule has 8 nitrogen and oxygen atoms in total. The van der Waals surface area contributed by atoms with Crippen LogP contribution in [0, 0.1) is 11.8 Å². The number of para-hydroxylation sites is 1. The van der Waals surface area contributed by atoms with Crippen LogP contribution in [0.4, 0.5) is 5.69 Å².